The van der Waals surface area contributed by atoms with Gasteiger partial charge in [0.2, 0.25) is 11.8 Å². The topological polar surface area (TPSA) is 63.7 Å². The molecule has 150 valence electrons. The molecule has 0 saturated carbocycles. The fourth-order valence-corrected chi connectivity index (χ4v) is 4.17. The number of ketones is 1. The molecule has 2 aliphatic rings. The highest BCUT2D eigenvalue weighted by atomic mass is 16.5. The molecule has 1 aromatic carbocycles. The Balaban J connectivity index is 1.96. The summed E-state index contributed by atoms with van der Waals surface area (Å²) in [5, 5.41) is 0. The van der Waals surface area contributed by atoms with Crippen LogP contribution in [0.25, 0.3) is 0 Å². The van der Waals surface area contributed by atoms with E-state index in [0.717, 1.165) is 24.0 Å². The molecule has 2 amide bonds. The molecule has 1 heterocycles. The van der Waals surface area contributed by atoms with Crippen LogP contribution in [-0.2, 0) is 19.8 Å². The molecule has 2 atom stereocenters. The van der Waals surface area contributed by atoms with Gasteiger partial charge in [-0.15, -0.1) is 0 Å². The van der Waals surface area contributed by atoms with Gasteiger partial charge in [0, 0.05) is 12.8 Å². The first-order valence-corrected chi connectivity index (χ1v) is 9.92. The van der Waals surface area contributed by atoms with Crippen LogP contribution in [0, 0.1) is 11.8 Å². The van der Waals surface area contributed by atoms with Crippen LogP contribution in [0.5, 0.6) is 5.75 Å². The van der Waals surface area contributed by atoms with Crippen LogP contribution >= 0.6 is 0 Å². The Kier molecular flexibility index (Phi) is 5.46. The van der Waals surface area contributed by atoms with Crippen molar-refractivity contribution in [3.05, 3.63) is 35.4 Å². The van der Waals surface area contributed by atoms with E-state index in [0.29, 0.717) is 17.9 Å². The second-order valence-corrected chi connectivity index (χ2v) is 8.84. The number of nitrogens with zero attached hydrogens (tertiary/aromatic N) is 1. The number of amides is 2. The summed E-state index contributed by atoms with van der Waals surface area (Å²) in [7, 11) is 1.60. The number of methoxy groups -OCH3 is 1. The van der Waals surface area contributed by atoms with Crippen molar-refractivity contribution >= 4 is 23.3 Å². The van der Waals surface area contributed by atoms with E-state index in [4.69, 9.17) is 4.74 Å². The van der Waals surface area contributed by atoms with Gasteiger partial charge in [0.15, 0.2) is 5.78 Å². The lowest BCUT2D eigenvalue weighted by molar-refractivity contribution is -0.123. The lowest BCUT2D eigenvalue weighted by Gasteiger charge is -2.28. The van der Waals surface area contributed by atoms with Crippen LogP contribution in [0.3, 0.4) is 0 Å². The molecule has 0 N–H and O–H groups in total. The molecule has 5 nitrogen and oxygen atoms in total. The van der Waals surface area contributed by atoms with Crippen molar-refractivity contribution < 1.29 is 19.1 Å². The van der Waals surface area contributed by atoms with Gasteiger partial charge in [-0.2, -0.15) is 0 Å². The molecule has 3 rings (SSSR count). The molecule has 0 spiro atoms. The fourth-order valence-electron chi connectivity index (χ4n) is 4.17. The molecule has 0 unspecified atom stereocenters. The number of imide groups is 1. The van der Waals surface area contributed by atoms with E-state index < -0.39 is 5.92 Å². The summed E-state index contributed by atoms with van der Waals surface area (Å²) in [4.78, 5) is 39.3. The zero-order valence-electron chi connectivity index (χ0n) is 17.4. The van der Waals surface area contributed by atoms with E-state index in [-0.39, 0.29) is 35.4 Å². The maximum atomic E-state index is 13.3. The maximum absolute atomic E-state index is 13.3. The summed E-state index contributed by atoms with van der Waals surface area (Å²) in [5.74, 6) is -0.0654. The smallest absolute Gasteiger partial charge is 0.237 e. The molecular weight excluding hydrogens is 354 g/mol. The highest BCUT2D eigenvalue weighted by Gasteiger charge is 2.44. The van der Waals surface area contributed by atoms with Crippen molar-refractivity contribution in [3.63, 3.8) is 0 Å². The number of ether oxygens (including phenoxy) is 1. The van der Waals surface area contributed by atoms with Crippen LogP contribution in [0.1, 0.15) is 58.9 Å². The van der Waals surface area contributed by atoms with Gasteiger partial charge < -0.3 is 4.74 Å². The summed E-state index contributed by atoms with van der Waals surface area (Å²) in [6, 6.07) is 5.48. The molecule has 1 aliphatic carbocycles. The van der Waals surface area contributed by atoms with Crippen LogP contribution in [-0.4, -0.2) is 24.7 Å². The number of hydrogen-bond donors (Lipinski definition) is 0. The molecular formula is C23H29NO4. The zero-order chi connectivity index (χ0) is 20.6. The quantitative estimate of drug-likeness (QED) is 0.732. The summed E-state index contributed by atoms with van der Waals surface area (Å²) in [6.45, 7) is 8.11. The van der Waals surface area contributed by atoms with Crippen molar-refractivity contribution in [1.82, 2.24) is 0 Å². The predicted octanol–water partition coefficient (Wildman–Crippen LogP) is 4.19. The van der Waals surface area contributed by atoms with Crippen LogP contribution in [0.15, 0.2) is 29.8 Å². The van der Waals surface area contributed by atoms with Crippen LogP contribution in [0.4, 0.5) is 5.69 Å². The zero-order valence-corrected chi connectivity index (χ0v) is 17.4. The Morgan fingerprint density at radius 3 is 2.46 bits per heavy atom. The minimum absolute atomic E-state index is 0.109. The molecule has 1 aromatic rings. The third-order valence-electron chi connectivity index (χ3n) is 5.86. The maximum Gasteiger partial charge on any atom is 0.237 e. The van der Waals surface area contributed by atoms with Gasteiger partial charge in [-0.3, -0.25) is 14.4 Å². The monoisotopic (exact) mass is 383 g/mol. The Morgan fingerprint density at radius 2 is 1.86 bits per heavy atom. The highest BCUT2D eigenvalue weighted by Crippen LogP contribution is 2.41. The van der Waals surface area contributed by atoms with Crippen molar-refractivity contribution in [1.29, 1.82) is 0 Å². The molecule has 0 radical (unpaired) electrons. The summed E-state index contributed by atoms with van der Waals surface area (Å²) >= 11 is 0. The molecule has 1 fully saturated rings. The fraction of sp³-hybridized carbons (Fsp3) is 0.522. The minimum atomic E-state index is -0.417. The number of carbonyl (C=O) groups is 3. The lowest BCUT2D eigenvalue weighted by Crippen LogP contribution is -2.34. The second kappa shape index (κ2) is 7.53. The average Bonchev–Trinajstić information content (AvgIpc) is 2.94. The van der Waals surface area contributed by atoms with Gasteiger partial charge in [0.25, 0.3) is 0 Å². The van der Waals surface area contributed by atoms with Gasteiger partial charge in [0.1, 0.15) is 5.75 Å². The first-order valence-electron chi connectivity index (χ1n) is 9.92. The number of rotatable bonds is 4. The molecule has 0 bridgehead atoms. The standard InChI is InChI=1S/C23H29NO4/c1-14(15-7-6-8-16(25)11-15)18-13-21(26)24(22(18)27)20-10-9-17(28-5)12-19(20)23(2,3)4/h9-12,14,18H,6-8,13H2,1-5H3/t14-,18+/m0/s1. The molecule has 1 saturated heterocycles. The largest absolute Gasteiger partial charge is 0.497 e. The third kappa shape index (κ3) is 3.75. The van der Waals surface area contributed by atoms with E-state index in [1.54, 1.807) is 25.3 Å². The van der Waals surface area contributed by atoms with E-state index in [2.05, 4.69) is 20.8 Å². The van der Waals surface area contributed by atoms with E-state index in [1.165, 1.54) is 4.90 Å². The van der Waals surface area contributed by atoms with E-state index in [9.17, 15) is 14.4 Å². The number of anilines is 1. The van der Waals surface area contributed by atoms with Crippen LogP contribution in [0.2, 0.25) is 0 Å². The summed E-state index contributed by atoms with van der Waals surface area (Å²) < 4.78 is 5.34. The molecule has 28 heavy (non-hydrogen) atoms. The van der Waals surface area contributed by atoms with Crippen molar-refractivity contribution in [2.45, 2.75) is 58.8 Å². The number of hydrogen-bond acceptors (Lipinski definition) is 4. The number of carbonyl (C=O) groups excluding carboxylic acids is 3. The molecule has 1 aliphatic heterocycles. The van der Waals surface area contributed by atoms with Gasteiger partial charge in [-0.1, -0.05) is 33.3 Å². The second-order valence-electron chi connectivity index (χ2n) is 8.84. The Hall–Kier alpha value is -2.43. The normalized spacial score (nSPS) is 21.8. The van der Waals surface area contributed by atoms with Crippen molar-refractivity contribution in [2.75, 3.05) is 12.0 Å². The first kappa shape index (κ1) is 20.3. The molecule has 0 aromatic heterocycles. The van der Waals surface area contributed by atoms with Crippen molar-refractivity contribution in [3.8, 4) is 5.75 Å². The number of benzene rings is 1. The Morgan fingerprint density at radius 1 is 1.14 bits per heavy atom. The average molecular weight is 383 g/mol. The van der Waals surface area contributed by atoms with Gasteiger partial charge in [-0.05, 0) is 54.0 Å². The highest BCUT2D eigenvalue weighted by molar-refractivity contribution is 6.21. The van der Waals surface area contributed by atoms with Crippen molar-refractivity contribution in [2.24, 2.45) is 11.8 Å². The third-order valence-corrected chi connectivity index (χ3v) is 5.86. The first-order chi connectivity index (χ1) is 13.1. The number of allylic oxidation sites excluding steroid dienone is 2. The Labute approximate surface area is 166 Å². The van der Waals surface area contributed by atoms with E-state index in [1.807, 2.05) is 13.0 Å². The molecule has 5 heteroatoms. The van der Waals surface area contributed by atoms with Gasteiger partial charge >= 0.3 is 0 Å². The minimum Gasteiger partial charge on any atom is -0.497 e. The lowest BCUT2D eigenvalue weighted by atomic mass is 9.81. The van der Waals surface area contributed by atoms with Gasteiger partial charge in [-0.25, -0.2) is 4.90 Å². The SMILES string of the molecule is COc1ccc(N2C(=O)C[C@H]([C@@H](C)C3=CC(=O)CCC3)C2=O)c(C(C)(C)C)c1. The summed E-state index contributed by atoms with van der Waals surface area (Å²) in [5.41, 5.74) is 2.27. The van der Waals surface area contributed by atoms with Gasteiger partial charge in [0.05, 0.1) is 18.7 Å². The predicted molar refractivity (Wildman–Crippen MR) is 108 cm³/mol. The van der Waals surface area contributed by atoms with Crippen LogP contribution < -0.4 is 9.64 Å². The summed E-state index contributed by atoms with van der Waals surface area (Å²) in [6.07, 6.45) is 4.07. The Bertz CT molecular complexity index is 847. The van der Waals surface area contributed by atoms with E-state index >= 15 is 0 Å².